The fourth-order valence-electron chi connectivity index (χ4n) is 1.63. The van der Waals surface area contributed by atoms with Crippen molar-refractivity contribution < 1.29 is 14.3 Å². The van der Waals surface area contributed by atoms with Gasteiger partial charge in [-0.05, 0) is 31.0 Å². The van der Waals surface area contributed by atoms with Crippen LogP contribution in [0.5, 0.6) is 0 Å². The van der Waals surface area contributed by atoms with Crippen molar-refractivity contribution in [3.63, 3.8) is 0 Å². The maximum absolute atomic E-state index is 12.0. The Bertz CT molecular complexity index is 654. The van der Waals surface area contributed by atoms with E-state index in [1.165, 1.54) is 0 Å². The molecule has 0 fully saturated rings. The zero-order chi connectivity index (χ0) is 15.2. The van der Waals surface area contributed by atoms with Gasteiger partial charge in [0.15, 0.2) is 0 Å². The van der Waals surface area contributed by atoms with Gasteiger partial charge in [0.1, 0.15) is 5.69 Å². The minimum absolute atomic E-state index is 0.182. The van der Waals surface area contributed by atoms with E-state index in [2.05, 4.69) is 15.3 Å². The fourth-order valence-corrected chi connectivity index (χ4v) is 2.32. The number of nitrogens with one attached hydrogen (secondary N) is 1. The smallest absolute Gasteiger partial charge is 0.367 e. The standard InChI is InChI=1S/C14H15N3O3S/c1-3-20-14(19)13-17-11(8-21-13)12(18)16-7-10-4-5-15-6-9(10)2/h4-6,8H,3,7H2,1-2H3,(H,16,18). The Balaban J connectivity index is 1.98. The number of carbonyl (C=O) groups is 2. The Morgan fingerprint density at radius 2 is 2.24 bits per heavy atom. The van der Waals surface area contributed by atoms with Crippen LogP contribution in [-0.4, -0.2) is 28.5 Å². The van der Waals surface area contributed by atoms with Crippen LogP contribution < -0.4 is 5.32 Å². The van der Waals surface area contributed by atoms with Gasteiger partial charge in [-0.1, -0.05) is 0 Å². The summed E-state index contributed by atoms with van der Waals surface area (Å²) in [5.74, 6) is -0.829. The van der Waals surface area contributed by atoms with Gasteiger partial charge in [0.2, 0.25) is 5.01 Å². The number of esters is 1. The largest absolute Gasteiger partial charge is 0.461 e. The highest BCUT2D eigenvalue weighted by atomic mass is 32.1. The van der Waals surface area contributed by atoms with Gasteiger partial charge >= 0.3 is 5.97 Å². The zero-order valence-electron chi connectivity index (χ0n) is 11.8. The van der Waals surface area contributed by atoms with Gasteiger partial charge in [0.25, 0.3) is 5.91 Å². The Kier molecular flexibility index (Phi) is 4.99. The molecular formula is C14H15N3O3S. The van der Waals surface area contributed by atoms with Crippen molar-refractivity contribution >= 4 is 23.2 Å². The minimum atomic E-state index is -0.508. The fraction of sp³-hybridized carbons (Fsp3) is 0.286. The number of thiazole rings is 1. The topological polar surface area (TPSA) is 81.2 Å². The molecule has 0 unspecified atom stereocenters. The SMILES string of the molecule is CCOC(=O)c1nc(C(=O)NCc2ccncc2C)cs1. The van der Waals surface area contributed by atoms with E-state index >= 15 is 0 Å². The number of aromatic nitrogens is 2. The molecule has 6 nitrogen and oxygen atoms in total. The molecule has 0 aliphatic rings. The van der Waals surface area contributed by atoms with Gasteiger partial charge in [-0.2, -0.15) is 0 Å². The Morgan fingerprint density at radius 1 is 1.43 bits per heavy atom. The molecule has 0 atom stereocenters. The molecule has 1 amide bonds. The summed E-state index contributed by atoms with van der Waals surface area (Å²) in [6, 6.07) is 1.85. The van der Waals surface area contributed by atoms with Crippen molar-refractivity contribution in [2.24, 2.45) is 0 Å². The Morgan fingerprint density at radius 3 is 2.95 bits per heavy atom. The molecule has 2 heterocycles. The number of hydrogen-bond acceptors (Lipinski definition) is 6. The molecule has 0 bridgehead atoms. The van der Waals surface area contributed by atoms with Crippen LogP contribution in [0.2, 0.25) is 0 Å². The van der Waals surface area contributed by atoms with Crippen molar-refractivity contribution in [3.05, 3.63) is 45.7 Å². The summed E-state index contributed by atoms with van der Waals surface area (Å²) >= 11 is 1.09. The van der Waals surface area contributed by atoms with E-state index < -0.39 is 5.97 Å². The van der Waals surface area contributed by atoms with E-state index in [9.17, 15) is 9.59 Å². The molecule has 2 rings (SSSR count). The highest BCUT2D eigenvalue weighted by Crippen LogP contribution is 2.11. The van der Waals surface area contributed by atoms with Crippen LogP contribution in [-0.2, 0) is 11.3 Å². The highest BCUT2D eigenvalue weighted by molar-refractivity contribution is 7.11. The van der Waals surface area contributed by atoms with Crippen LogP contribution in [0, 0.1) is 6.92 Å². The molecule has 0 aromatic carbocycles. The van der Waals surface area contributed by atoms with Gasteiger partial charge in [0, 0.05) is 24.3 Å². The van der Waals surface area contributed by atoms with E-state index in [0.717, 1.165) is 22.5 Å². The van der Waals surface area contributed by atoms with Gasteiger partial charge in [0.05, 0.1) is 6.61 Å². The lowest BCUT2D eigenvalue weighted by Gasteiger charge is -2.05. The molecule has 2 aromatic rings. The first-order chi connectivity index (χ1) is 10.1. The highest BCUT2D eigenvalue weighted by Gasteiger charge is 2.16. The van der Waals surface area contributed by atoms with E-state index in [4.69, 9.17) is 4.74 Å². The molecule has 0 aliphatic heterocycles. The third-order valence-electron chi connectivity index (χ3n) is 2.76. The van der Waals surface area contributed by atoms with E-state index in [0.29, 0.717) is 6.54 Å². The van der Waals surface area contributed by atoms with Crippen molar-refractivity contribution in [2.75, 3.05) is 6.61 Å². The number of amides is 1. The first kappa shape index (κ1) is 15.1. The third kappa shape index (κ3) is 3.85. The second-order valence-corrected chi connectivity index (χ2v) is 5.10. The summed E-state index contributed by atoms with van der Waals surface area (Å²) in [5, 5.41) is 4.49. The van der Waals surface area contributed by atoms with Crippen LogP contribution in [0.3, 0.4) is 0 Å². The van der Waals surface area contributed by atoms with Crippen LogP contribution in [0.4, 0.5) is 0 Å². The minimum Gasteiger partial charge on any atom is -0.461 e. The molecular weight excluding hydrogens is 290 g/mol. The molecule has 21 heavy (non-hydrogen) atoms. The summed E-state index contributed by atoms with van der Waals surface area (Å²) in [6.07, 6.45) is 3.42. The Hall–Kier alpha value is -2.28. The average molecular weight is 305 g/mol. The first-order valence-corrected chi connectivity index (χ1v) is 7.30. The number of pyridine rings is 1. The lowest BCUT2D eigenvalue weighted by Crippen LogP contribution is -2.23. The summed E-state index contributed by atoms with van der Waals surface area (Å²) < 4.78 is 4.84. The van der Waals surface area contributed by atoms with Crippen LogP contribution in [0.25, 0.3) is 0 Å². The summed E-state index contributed by atoms with van der Waals surface area (Å²) in [4.78, 5) is 31.5. The number of nitrogens with zero attached hydrogens (tertiary/aromatic N) is 2. The van der Waals surface area contributed by atoms with Crippen molar-refractivity contribution in [2.45, 2.75) is 20.4 Å². The molecule has 0 radical (unpaired) electrons. The van der Waals surface area contributed by atoms with Crippen LogP contribution >= 0.6 is 11.3 Å². The maximum Gasteiger partial charge on any atom is 0.367 e. The summed E-state index contributed by atoms with van der Waals surface area (Å²) in [6.45, 7) is 4.31. The molecule has 110 valence electrons. The maximum atomic E-state index is 12.0. The zero-order valence-corrected chi connectivity index (χ0v) is 12.6. The predicted octanol–water partition coefficient (Wildman–Crippen LogP) is 1.95. The van der Waals surface area contributed by atoms with Crippen LogP contribution in [0.1, 0.15) is 38.3 Å². The number of aryl methyl sites for hydroxylation is 1. The molecule has 2 aromatic heterocycles. The number of rotatable bonds is 5. The molecule has 0 saturated carbocycles. The van der Waals surface area contributed by atoms with E-state index in [-0.39, 0.29) is 23.2 Å². The second-order valence-electron chi connectivity index (χ2n) is 4.24. The van der Waals surface area contributed by atoms with Crippen LogP contribution in [0.15, 0.2) is 23.8 Å². The normalized spacial score (nSPS) is 10.2. The first-order valence-electron chi connectivity index (χ1n) is 6.42. The molecule has 0 aliphatic carbocycles. The summed E-state index contributed by atoms with van der Waals surface area (Å²) in [5.41, 5.74) is 2.21. The van der Waals surface area contributed by atoms with E-state index in [1.807, 2.05) is 13.0 Å². The average Bonchev–Trinajstić information content (AvgIpc) is 2.96. The lowest BCUT2D eigenvalue weighted by molar-refractivity contribution is 0.0526. The van der Waals surface area contributed by atoms with Crippen molar-refractivity contribution in [3.8, 4) is 0 Å². The monoisotopic (exact) mass is 305 g/mol. The van der Waals surface area contributed by atoms with Gasteiger partial charge in [-0.3, -0.25) is 9.78 Å². The molecule has 0 spiro atoms. The van der Waals surface area contributed by atoms with Gasteiger partial charge in [-0.15, -0.1) is 11.3 Å². The molecule has 1 N–H and O–H groups in total. The predicted molar refractivity (Wildman–Crippen MR) is 78.2 cm³/mol. The molecule has 0 saturated heterocycles. The van der Waals surface area contributed by atoms with Crippen molar-refractivity contribution in [1.82, 2.24) is 15.3 Å². The Labute approximate surface area is 126 Å². The van der Waals surface area contributed by atoms with Crippen molar-refractivity contribution in [1.29, 1.82) is 0 Å². The van der Waals surface area contributed by atoms with Gasteiger partial charge in [-0.25, -0.2) is 9.78 Å². The number of ether oxygens (including phenoxy) is 1. The van der Waals surface area contributed by atoms with E-state index in [1.54, 1.807) is 24.7 Å². The lowest BCUT2D eigenvalue weighted by atomic mass is 10.1. The van der Waals surface area contributed by atoms with Gasteiger partial charge < -0.3 is 10.1 Å². The number of carbonyl (C=O) groups excluding carboxylic acids is 2. The number of hydrogen-bond donors (Lipinski definition) is 1. The quantitative estimate of drug-likeness (QED) is 0.854. The second kappa shape index (κ2) is 6.94. The summed E-state index contributed by atoms with van der Waals surface area (Å²) in [7, 11) is 0. The molecule has 7 heteroatoms. The third-order valence-corrected chi connectivity index (χ3v) is 3.59.